The van der Waals surface area contributed by atoms with Crippen LogP contribution in [0.15, 0.2) is 66.3 Å². The second-order valence-electron chi connectivity index (χ2n) is 16.2. The van der Waals surface area contributed by atoms with Crippen LogP contribution in [0.2, 0.25) is 0 Å². The topological polar surface area (TPSA) is 129 Å². The van der Waals surface area contributed by atoms with Gasteiger partial charge in [-0.3, -0.25) is 14.7 Å². The molecule has 0 atom stereocenters. The van der Waals surface area contributed by atoms with Gasteiger partial charge in [-0.2, -0.15) is 4.79 Å². The zero-order valence-corrected chi connectivity index (χ0v) is 30.5. The molecule has 0 bridgehead atoms. The highest BCUT2D eigenvalue weighted by molar-refractivity contribution is 6.09. The van der Waals surface area contributed by atoms with Gasteiger partial charge in [0.2, 0.25) is 12.3 Å². The second-order valence-corrected chi connectivity index (χ2v) is 16.2. The zero-order valence-electron chi connectivity index (χ0n) is 30.5. The Labute approximate surface area is 306 Å². The zero-order chi connectivity index (χ0) is 36.6. The molecule has 0 unspecified atom stereocenters. The van der Waals surface area contributed by atoms with E-state index in [-0.39, 0.29) is 29.7 Å². The number of imidazole rings is 1. The van der Waals surface area contributed by atoms with Crippen molar-refractivity contribution in [3.05, 3.63) is 73.2 Å². The summed E-state index contributed by atoms with van der Waals surface area (Å²) in [5.74, 6) is 0.117. The number of rotatable bonds is 6. The SMILES string of the molecule is CC(C)n1cnc2cc(-c3ccc4c(c3)N(C3CC(N5CCC(C)(C)C5)C3)C(=O)C43CCN(C(=O)[n+]4cocn4)CC3)nc(Nc3ccncc3F)c21. The number of likely N-dealkylation sites (tertiary alicyclic amines) is 2. The molecule has 4 aromatic heterocycles. The van der Waals surface area contributed by atoms with Gasteiger partial charge in [0.25, 0.3) is 6.39 Å². The third-order valence-electron chi connectivity index (χ3n) is 12.0. The third-order valence-corrected chi connectivity index (χ3v) is 12.0. The lowest BCUT2D eigenvalue weighted by molar-refractivity contribution is -0.642. The van der Waals surface area contributed by atoms with Crippen LogP contribution in [0, 0.1) is 11.2 Å². The van der Waals surface area contributed by atoms with Gasteiger partial charge in [0.15, 0.2) is 11.6 Å². The largest absolute Gasteiger partial charge is 0.521 e. The summed E-state index contributed by atoms with van der Waals surface area (Å²) in [6.45, 7) is 11.8. The number of aromatic nitrogens is 6. The van der Waals surface area contributed by atoms with Crippen LogP contribution in [0.1, 0.15) is 71.4 Å². The van der Waals surface area contributed by atoms with E-state index < -0.39 is 11.2 Å². The van der Waals surface area contributed by atoms with E-state index >= 15 is 0 Å². The average Bonchev–Trinajstić information content (AvgIpc) is 3.93. The van der Waals surface area contributed by atoms with Crippen molar-refractivity contribution >= 4 is 40.2 Å². The molecule has 9 rings (SSSR count). The molecule has 5 aromatic rings. The van der Waals surface area contributed by atoms with Gasteiger partial charge in [-0.25, -0.2) is 19.3 Å². The Kier molecular flexibility index (Phi) is 7.88. The summed E-state index contributed by atoms with van der Waals surface area (Å²) in [6.07, 6.45) is 11.1. The van der Waals surface area contributed by atoms with Crippen LogP contribution in [0.25, 0.3) is 22.3 Å². The van der Waals surface area contributed by atoms with Crippen molar-refractivity contribution < 1.29 is 23.1 Å². The van der Waals surface area contributed by atoms with Crippen LogP contribution >= 0.6 is 0 Å². The van der Waals surface area contributed by atoms with Gasteiger partial charge in [0.1, 0.15) is 5.52 Å². The number of halogens is 1. The van der Waals surface area contributed by atoms with Crippen LogP contribution in [-0.2, 0) is 10.2 Å². The molecule has 4 aliphatic rings. The Balaban J connectivity index is 1.09. The fourth-order valence-electron chi connectivity index (χ4n) is 8.93. The van der Waals surface area contributed by atoms with E-state index in [2.05, 4.69) is 65.0 Å². The lowest BCUT2D eigenvalue weighted by Gasteiger charge is -2.46. The summed E-state index contributed by atoms with van der Waals surface area (Å²) in [5, 5.41) is 7.20. The van der Waals surface area contributed by atoms with Crippen LogP contribution < -0.4 is 14.9 Å². The summed E-state index contributed by atoms with van der Waals surface area (Å²) in [6, 6.07) is 10.1. The summed E-state index contributed by atoms with van der Waals surface area (Å²) in [5.41, 5.74) is 4.75. The first-order valence-corrected chi connectivity index (χ1v) is 18.6. The molecule has 1 saturated carbocycles. The molecule has 2 amide bonds. The summed E-state index contributed by atoms with van der Waals surface area (Å²) in [4.78, 5) is 48.1. The van der Waals surface area contributed by atoms with Gasteiger partial charge in [-0.15, -0.1) is 0 Å². The molecular formula is C39H44FN10O3+. The predicted octanol–water partition coefficient (Wildman–Crippen LogP) is 5.84. The number of piperidine rings is 1. The van der Waals surface area contributed by atoms with Crippen LogP contribution in [0.3, 0.4) is 0 Å². The number of anilines is 3. The van der Waals surface area contributed by atoms with Crippen molar-refractivity contribution in [1.29, 1.82) is 0 Å². The number of carbonyl (C=O) groups is 2. The van der Waals surface area contributed by atoms with Crippen molar-refractivity contribution in [1.82, 2.24) is 34.4 Å². The van der Waals surface area contributed by atoms with E-state index in [1.807, 2.05) is 16.7 Å². The van der Waals surface area contributed by atoms with Crippen molar-refractivity contribution in [2.24, 2.45) is 5.41 Å². The van der Waals surface area contributed by atoms with Crippen molar-refractivity contribution in [2.45, 2.75) is 83.3 Å². The standard InChI is InChI=1S/C39H44FN10O3/c1-24(2)48-21-42-32-18-31(45-35(34(32)48)44-30-7-11-41-19-29(30)40)25-5-6-28-33(15-25)50(27-16-26(17-27)47-12-8-38(3,4)20-47)36(51)39(28)9-13-46(14-10-39)37(52)49-23-53-22-43-49/h5-7,11,15,18-19,21-24,26-27H,8-10,12-14,16-17,20H2,1-4H3,(H,41,44,45)/q+1. The molecule has 1 aliphatic carbocycles. The molecule has 2 saturated heterocycles. The van der Waals surface area contributed by atoms with Gasteiger partial charge < -0.3 is 19.2 Å². The van der Waals surface area contributed by atoms with Crippen molar-refractivity contribution in [3.8, 4) is 11.3 Å². The van der Waals surface area contributed by atoms with E-state index in [0.717, 1.165) is 53.8 Å². The third kappa shape index (κ3) is 5.56. The fourth-order valence-corrected chi connectivity index (χ4v) is 8.93. The quantitative estimate of drug-likeness (QED) is 0.215. The molecule has 0 radical (unpaired) electrons. The number of benzene rings is 1. The van der Waals surface area contributed by atoms with Crippen molar-refractivity contribution in [3.63, 3.8) is 0 Å². The number of fused-ring (bicyclic) bond motifs is 3. The molecule has 1 aromatic carbocycles. The number of hydrogen-bond donors (Lipinski definition) is 1. The van der Waals surface area contributed by atoms with E-state index in [9.17, 15) is 14.0 Å². The first kappa shape index (κ1) is 33.6. The monoisotopic (exact) mass is 719 g/mol. The maximum Gasteiger partial charge on any atom is 0.521 e. The van der Waals surface area contributed by atoms with Gasteiger partial charge in [0.05, 0.1) is 47.9 Å². The molecule has 14 heteroatoms. The smallest absolute Gasteiger partial charge is 0.411 e. The Morgan fingerprint density at radius 3 is 2.58 bits per heavy atom. The van der Waals surface area contributed by atoms with E-state index in [0.29, 0.717) is 48.9 Å². The average molecular weight is 720 g/mol. The van der Waals surface area contributed by atoms with Crippen LogP contribution in [0.5, 0.6) is 0 Å². The first-order valence-electron chi connectivity index (χ1n) is 18.6. The molecule has 53 heavy (non-hydrogen) atoms. The number of amides is 2. The molecular weight excluding hydrogens is 675 g/mol. The van der Waals surface area contributed by atoms with Gasteiger partial charge in [0, 0.05) is 55.0 Å². The maximum atomic E-state index is 14.9. The first-order chi connectivity index (χ1) is 25.5. The number of pyridine rings is 2. The van der Waals surface area contributed by atoms with Crippen LogP contribution in [0.4, 0.5) is 26.4 Å². The molecule has 3 fully saturated rings. The maximum absolute atomic E-state index is 14.9. The normalized spacial score (nSPS) is 22.2. The lowest BCUT2D eigenvalue weighted by atomic mass is 9.73. The number of nitrogens with one attached hydrogen (secondary N) is 1. The Morgan fingerprint density at radius 1 is 1.08 bits per heavy atom. The Bertz CT molecular complexity index is 2220. The molecule has 274 valence electrons. The molecule has 1 spiro atoms. The summed E-state index contributed by atoms with van der Waals surface area (Å²) in [7, 11) is 0. The van der Waals surface area contributed by atoms with E-state index in [1.54, 1.807) is 17.3 Å². The van der Waals surface area contributed by atoms with Crippen LogP contribution in [-0.4, -0.2) is 84.6 Å². The van der Waals surface area contributed by atoms with Crippen molar-refractivity contribution in [2.75, 3.05) is 36.4 Å². The second kappa shape index (κ2) is 12.4. The Morgan fingerprint density at radius 2 is 1.89 bits per heavy atom. The van der Waals surface area contributed by atoms with E-state index in [1.165, 1.54) is 36.3 Å². The number of carbonyl (C=O) groups excluding carboxylic acids is 2. The fraction of sp³-hybridized carbons (Fsp3) is 0.462. The highest BCUT2D eigenvalue weighted by atomic mass is 19.1. The number of nitrogens with zero attached hydrogens (tertiary/aromatic N) is 9. The lowest BCUT2D eigenvalue weighted by Crippen LogP contribution is -2.60. The highest BCUT2D eigenvalue weighted by Gasteiger charge is 2.57. The van der Waals surface area contributed by atoms with E-state index in [4.69, 9.17) is 14.4 Å². The molecule has 13 nitrogen and oxygen atoms in total. The van der Waals surface area contributed by atoms with Gasteiger partial charge in [-0.1, -0.05) is 26.0 Å². The summed E-state index contributed by atoms with van der Waals surface area (Å²) >= 11 is 0. The minimum Gasteiger partial charge on any atom is -0.411 e. The summed E-state index contributed by atoms with van der Waals surface area (Å²) < 4.78 is 23.1. The highest BCUT2D eigenvalue weighted by Crippen LogP contribution is 2.52. The predicted molar refractivity (Wildman–Crippen MR) is 195 cm³/mol. The minimum atomic E-state index is -0.737. The number of hydrogen-bond acceptors (Lipinski definition) is 9. The minimum absolute atomic E-state index is 0.0824. The van der Waals surface area contributed by atoms with Gasteiger partial charge >= 0.3 is 6.03 Å². The molecule has 1 N–H and O–H groups in total. The molecule has 3 aliphatic heterocycles. The molecule has 7 heterocycles. The van der Waals surface area contributed by atoms with Gasteiger partial charge in [-0.05, 0) is 78.6 Å². The Hall–Kier alpha value is -5.24.